The number of aliphatic imine (C=N–C) groups is 1. The van der Waals surface area contributed by atoms with E-state index in [9.17, 15) is 4.79 Å². The molecular weight excluding hydrogens is 442 g/mol. The molecule has 3 aliphatic rings. The van der Waals surface area contributed by atoms with Crippen molar-refractivity contribution in [2.24, 2.45) is 10.9 Å². The van der Waals surface area contributed by atoms with Gasteiger partial charge in [0.15, 0.2) is 5.78 Å². The minimum atomic E-state index is 0.287. The number of ketones is 1. The summed E-state index contributed by atoms with van der Waals surface area (Å²) in [5.41, 5.74) is 11.5. The van der Waals surface area contributed by atoms with Gasteiger partial charge in [0.05, 0.1) is 6.20 Å². The highest BCUT2D eigenvalue weighted by Crippen LogP contribution is 2.45. The van der Waals surface area contributed by atoms with Crippen LogP contribution in [0.1, 0.15) is 117 Å². The van der Waals surface area contributed by atoms with E-state index < -0.39 is 0 Å². The van der Waals surface area contributed by atoms with Crippen LogP contribution in [0.5, 0.6) is 0 Å². The first-order chi connectivity index (χ1) is 17.7. The van der Waals surface area contributed by atoms with E-state index in [1.54, 1.807) is 12.5 Å². The van der Waals surface area contributed by atoms with Crippen molar-refractivity contribution in [3.8, 4) is 11.1 Å². The summed E-state index contributed by atoms with van der Waals surface area (Å²) in [5, 5.41) is 0. The minimum absolute atomic E-state index is 0.287. The predicted molar refractivity (Wildman–Crippen MR) is 148 cm³/mol. The molecule has 0 bridgehead atoms. The maximum Gasteiger partial charge on any atom is 0.227 e. The second-order valence-corrected chi connectivity index (χ2v) is 10.8. The molecular formula is C33H39NO2. The molecule has 2 atom stereocenters. The lowest BCUT2D eigenvalue weighted by atomic mass is 9.84. The third-order valence-electron chi connectivity index (χ3n) is 8.53. The van der Waals surface area contributed by atoms with Gasteiger partial charge in [0, 0.05) is 17.5 Å². The fraction of sp³-hybridized carbons (Fsp3) is 0.485. The number of Topliss-reactive ketones (excluding diaryl/α,β-unsaturated/α-hetero) is 1. The van der Waals surface area contributed by atoms with Crippen LogP contribution >= 0.6 is 0 Å². The van der Waals surface area contributed by atoms with Gasteiger partial charge in [-0.05, 0) is 77.5 Å². The number of hydrogen-bond acceptors (Lipinski definition) is 3. The van der Waals surface area contributed by atoms with Crippen LogP contribution in [-0.2, 0) is 17.6 Å². The van der Waals surface area contributed by atoms with E-state index in [-0.39, 0.29) is 5.78 Å². The van der Waals surface area contributed by atoms with Crippen LogP contribution in [0, 0.1) is 5.92 Å². The molecule has 2 aromatic carbocycles. The van der Waals surface area contributed by atoms with Crippen LogP contribution in [0.15, 0.2) is 53.5 Å². The first kappa shape index (κ1) is 24.8. The summed E-state index contributed by atoms with van der Waals surface area (Å²) in [6.45, 7) is 4.65. The van der Waals surface area contributed by atoms with E-state index in [1.807, 2.05) is 0 Å². The molecule has 1 aliphatic heterocycles. The van der Waals surface area contributed by atoms with Gasteiger partial charge in [-0.2, -0.15) is 0 Å². The van der Waals surface area contributed by atoms with Crippen molar-refractivity contribution in [3.05, 3.63) is 76.3 Å². The molecule has 0 amide bonds. The maximum absolute atomic E-state index is 12.6. The Morgan fingerprint density at radius 1 is 1.03 bits per heavy atom. The molecule has 0 saturated heterocycles. The van der Waals surface area contributed by atoms with Crippen molar-refractivity contribution >= 4 is 11.7 Å². The number of hydrogen-bond donors (Lipinski definition) is 0. The largest absolute Gasteiger partial charge is 0.438 e. The van der Waals surface area contributed by atoms with Crippen molar-refractivity contribution in [2.75, 3.05) is 0 Å². The molecule has 3 nitrogen and oxygen atoms in total. The smallest absolute Gasteiger partial charge is 0.227 e. The molecule has 2 aromatic rings. The fourth-order valence-electron chi connectivity index (χ4n) is 6.44. The Balaban J connectivity index is 1.44. The number of ether oxygens (including phenoxy) is 1. The van der Waals surface area contributed by atoms with E-state index in [0.29, 0.717) is 18.2 Å². The Morgan fingerprint density at radius 2 is 1.92 bits per heavy atom. The number of rotatable bonds is 10. The predicted octanol–water partition coefficient (Wildman–Crippen LogP) is 8.69. The monoisotopic (exact) mass is 481 g/mol. The molecule has 2 unspecified atom stereocenters. The highest BCUT2D eigenvalue weighted by molar-refractivity contribution is 6.03. The zero-order valence-electron chi connectivity index (χ0n) is 21.9. The van der Waals surface area contributed by atoms with E-state index in [0.717, 1.165) is 29.9 Å². The third-order valence-corrected chi connectivity index (χ3v) is 8.53. The van der Waals surface area contributed by atoms with E-state index in [2.05, 4.69) is 54.9 Å². The van der Waals surface area contributed by atoms with E-state index in [4.69, 9.17) is 4.74 Å². The number of aryl methyl sites for hydroxylation is 1. The molecule has 0 aromatic heterocycles. The molecule has 0 spiro atoms. The van der Waals surface area contributed by atoms with Crippen molar-refractivity contribution < 1.29 is 9.53 Å². The third kappa shape index (κ3) is 5.13. The van der Waals surface area contributed by atoms with Gasteiger partial charge in [-0.25, -0.2) is 4.99 Å². The maximum atomic E-state index is 12.6. The van der Waals surface area contributed by atoms with Crippen molar-refractivity contribution in [3.63, 3.8) is 0 Å². The van der Waals surface area contributed by atoms with E-state index >= 15 is 0 Å². The van der Waals surface area contributed by atoms with Crippen molar-refractivity contribution in [2.45, 2.75) is 96.8 Å². The van der Waals surface area contributed by atoms with Crippen LogP contribution in [-0.4, -0.2) is 11.7 Å². The Kier molecular flexibility index (Phi) is 7.87. The normalized spacial score (nSPS) is 18.7. The zero-order chi connectivity index (χ0) is 24.9. The summed E-state index contributed by atoms with van der Waals surface area (Å²) in [7, 11) is 0. The molecule has 1 heterocycles. The highest BCUT2D eigenvalue weighted by Gasteiger charge is 2.30. The first-order valence-corrected chi connectivity index (χ1v) is 14.2. The second-order valence-electron chi connectivity index (χ2n) is 10.8. The van der Waals surface area contributed by atoms with Gasteiger partial charge in [0.25, 0.3) is 0 Å². The molecule has 2 aliphatic carbocycles. The first-order valence-electron chi connectivity index (χ1n) is 14.2. The number of unbranched alkanes of at least 4 members (excludes halogenated alkanes) is 2. The number of fused-ring (bicyclic) bond motifs is 5. The lowest BCUT2D eigenvalue weighted by Gasteiger charge is -2.21. The Bertz CT molecular complexity index is 1210. The highest BCUT2D eigenvalue weighted by atomic mass is 16.5. The van der Waals surface area contributed by atoms with Gasteiger partial charge in [0.1, 0.15) is 6.26 Å². The average molecular weight is 482 g/mol. The lowest BCUT2D eigenvalue weighted by molar-refractivity contribution is 0.0994. The van der Waals surface area contributed by atoms with Crippen LogP contribution < -0.4 is 0 Å². The van der Waals surface area contributed by atoms with Crippen LogP contribution in [0.3, 0.4) is 0 Å². The Morgan fingerprint density at radius 3 is 2.72 bits per heavy atom. The van der Waals surface area contributed by atoms with Gasteiger partial charge in [-0.1, -0.05) is 82.7 Å². The quantitative estimate of drug-likeness (QED) is 0.251. The molecule has 188 valence electrons. The molecule has 0 N–H and O–H groups in total. The standard InChI is InChI=1S/C33H39NO2/c1-3-5-9-23(4-2)10-6-7-11-24-12-13-25-14-17-28-29(18-19-31(28)35)32(25)30-22-26(15-16-27(24)30)33-34-20-8-21-36-33/h14-17,20-24H,3-7,9-13,18-19H2,1-2H3. The molecule has 5 rings (SSSR count). The van der Waals surface area contributed by atoms with Crippen molar-refractivity contribution in [1.29, 1.82) is 0 Å². The zero-order valence-corrected chi connectivity index (χ0v) is 21.9. The lowest BCUT2D eigenvalue weighted by Crippen LogP contribution is -2.07. The van der Waals surface area contributed by atoms with Gasteiger partial charge in [0.2, 0.25) is 5.90 Å². The summed E-state index contributed by atoms with van der Waals surface area (Å²) in [6, 6.07) is 11.0. The number of benzene rings is 2. The topological polar surface area (TPSA) is 38.7 Å². The SMILES string of the molecule is CCCCC(CC)CCCCC1CCc2ccc3c(c2-c2cc(C4=NC=C=CO4)ccc21)CCC3=O. The molecule has 0 radical (unpaired) electrons. The van der Waals surface area contributed by atoms with Crippen molar-refractivity contribution in [1.82, 2.24) is 0 Å². The molecule has 3 heteroatoms. The minimum Gasteiger partial charge on any atom is -0.438 e. The van der Waals surface area contributed by atoms with Gasteiger partial charge < -0.3 is 4.74 Å². The molecule has 0 fully saturated rings. The fourth-order valence-corrected chi connectivity index (χ4v) is 6.44. The van der Waals surface area contributed by atoms with Crippen LogP contribution in [0.4, 0.5) is 0 Å². The number of nitrogens with zero attached hydrogens (tertiary/aromatic N) is 1. The van der Waals surface area contributed by atoms with Crippen LogP contribution in [0.25, 0.3) is 11.1 Å². The van der Waals surface area contributed by atoms with Crippen LogP contribution in [0.2, 0.25) is 0 Å². The second kappa shape index (κ2) is 11.4. The van der Waals surface area contributed by atoms with Gasteiger partial charge in [-0.3, -0.25) is 4.79 Å². The summed E-state index contributed by atoms with van der Waals surface area (Å²) >= 11 is 0. The van der Waals surface area contributed by atoms with E-state index in [1.165, 1.54) is 85.6 Å². The Labute approximate surface area is 216 Å². The number of carbonyl (C=O) groups is 1. The summed E-state index contributed by atoms with van der Waals surface area (Å²) in [5.74, 6) is 2.33. The molecule has 36 heavy (non-hydrogen) atoms. The average Bonchev–Trinajstić information content (AvgIpc) is 3.22. The molecule has 0 saturated carbocycles. The summed E-state index contributed by atoms with van der Waals surface area (Å²) in [6.07, 6.45) is 17.5. The summed E-state index contributed by atoms with van der Waals surface area (Å²) < 4.78 is 5.68. The Hall–Kier alpha value is -2.90. The summed E-state index contributed by atoms with van der Waals surface area (Å²) in [4.78, 5) is 17.0. The van der Waals surface area contributed by atoms with Gasteiger partial charge >= 0.3 is 0 Å². The van der Waals surface area contributed by atoms with Gasteiger partial charge in [-0.15, -0.1) is 0 Å². The number of carbonyl (C=O) groups excluding carboxylic acids is 1.